The first-order valence-electron chi connectivity index (χ1n) is 6.54. The van der Waals surface area contributed by atoms with Gasteiger partial charge in [-0.2, -0.15) is 0 Å². The molecule has 0 spiro atoms. The molecule has 1 unspecified atom stereocenters. The van der Waals surface area contributed by atoms with Crippen molar-refractivity contribution in [2.45, 2.75) is 12.6 Å². The summed E-state index contributed by atoms with van der Waals surface area (Å²) in [6.07, 6.45) is 0. The van der Waals surface area contributed by atoms with Crippen LogP contribution in [0.15, 0.2) is 18.2 Å². The van der Waals surface area contributed by atoms with Crippen LogP contribution >= 0.6 is 0 Å². The van der Waals surface area contributed by atoms with Crippen LogP contribution in [0.5, 0.6) is 11.5 Å². The average molecular weight is 280 g/mol. The number of ether oxygens (including phenoxy) is 3. The predicted molar refractivity (Wildman–Crippen MR) is 74.0 cm³/mol. The summed E-state index contributed by atoms with van der Waals surface area (Å²) in [5.41, 5.74) is 0.901. The van der Waals surface area contributed by atoms with Gasteiger partial charge in [-0.1, -0.05) is 0 Å². The van der Waals surface area contributed by atoms with Crippen molar-refractivity contribution >= 4 is 5.91 Å². The Morgan fingerprint density at radius 1 is 1.45 bits per heavy atom. The minimum Gasteiger partial charge on any atom is -0.497 e. The quantitative estimate of drug-likeness (QED) is 0.812. The van der Waals surface area contributed by atoms with Gasteiger partial charge >= 0.3 is 0 Å². The van der Waals surface area contributed by atoms with E-state index in [4.69, 9.17) is 14.2 Å². The third kappa shape index (κ3) is 3.61. The van der Waals surface area contributed by atoms with Crippen molar-refractivity contribution in [3.05, 3.63) is 23.8 Å². The van der Waals surface area contributed by atoms with E-state index in [1.54, 1.807) is 20.3 Å². The summed E-state index contributed by atoms with van der Waals surface area (Å²) in [4.78, 5) is 12.0. The highest BCUT2D eigenvalue weighted by Gasteiger charge is 2.20. The molecule has 0 aliphatic carbocycles. The first-order chi connectivity index (χ1) is 9.74. The normalized spacial score (nSPS) is 18.4. The Morgan fingerprint density at radius 3 is 2.95 bits per heavy atom. The average Bonchev–Trinajstić information content (AvgIpc) is 2.53. The molecule has 2 rings (SSSR count). The van der Waals surface area contributed by atoms with Gasteiger partial charge in [0.25, 0.3) is 0 Å². The second kappa shape index (κ2) is 7.12. The molecule has 0 aromatic heterocycles. The number of hydrogen-bond acceptors (Lipinski definition) is 5. The zero-order chi connectivity index (χ0) is 14.4. The van der Waals surface area contributed by atoms with Gasteiger partial charge in [-0.25, -0.2) is 0 Å². The van der Waals surface area contributed by atoms with E-state index in [-0.39, 0.29) is 11.9 Å². The van der Waals surface area contributed by atoms with E-state index in [1.165, 1.54) is 0 Å². The van der Waals surface area contributed by atoms with Crippen LogP contribution in [0.1, 0.15) is 5.56 Å². The fraction of sp³-hybridized carbons (Fsp3) is 0.500. The maximum absolute atomic E-state index is 12.0. The molecule has 1 heterocycles. The Kier molecular flexibility index (Phi) is 5.20. The smallest absolute Gasteiger partial charge is 0.239 e. The van der Waals surface area contributed by atoms with Crippen molar-refractivity contribution in [2.24, 2.45) is 0 Å². The number of hydrogen-bond donors (Lipinski definition) is 2. The van der Waals surface area contributed by atoms with Gasteiger partial charge in [0.05, 0.1) is 27.4 Å². The third-order valence-corrected chi connectivity index (χ3v) is 3.19. The van der Waals surface area contributed by atoms with E-state index < -0.39 is 0 Å². The molecule has 1 fully saturated rings. The van der Waals surface area contributed by atoms with Crippen molar-refractivity contribution in [1.82, 2.24) is 10.6 Å². The van der Waals surface area contributed by atoms with Crippen molar-refractivity contribution in [3.8, 4) is 11.5 Å². The molecule has 20 heavy (non-hydrogen) atoms. The Labute approximate surface area is 118 Å². The molecule has 6 nitrogen and oxygen atoms in total. The summed E-state index contributed by atoms with van der Waals surface area (Å²) in [6.45, 7) is 2.16. The SMILES string of the molecule is COc1ccc(CNC(=O)C2COCCN2)c(OC)c1. The van der Waals surface area contributed by atoms with Crippen LogP contribution in [-0.2, 0) is 16.1 Å². The highest BCUT2D eigenvalue weighted by molar-refractivity contribution is 5.82. The molecule has 1 atom stereocenters. The van der Waals surface area contributed by atoms with Crippen LogP contribution in [0, 0.1) is 0 Å². The molecule has 1 aliphatic rings. The third-order valence-electron chi connectivity index (χ3n) is 3.19. The number of carbonyl (C=O) groups excluding carboxylic acids is 1. The van der Waals surface area contributed by atoms with E-state index in [9.17, 15) is 4.79 Å². The lowest BCUT2D eigenvalue weighted by Gasteiger charge is -2.23. The molecule has 1 amide bonds. The van der Waals surface area contributed by atoms with Crippen LogP contribution in [0.2, 0.25) is 0 Å². The van der Waals surface area contributed by atoms with Crippen LogP contribution in [0.3, 0.4) is 0 Å². The van der Waals surface area contributed by atoms with E-state index in [1.807, 2.05) is 12.1 Å². The highest BCUT2D eigenvalue weighted by Crippen LogP contribution is 2.24. The summed E-state index contributed by atoms with van der Waals surface area (Å²) >= 11 is 0. The van der Waals surface area contributed by atoms with Gasteiger partial charge in [-0.3, -0.25) is 4.79 Å². The van der Waals surface area contributed by atoms with Gasteiger partial charge < -0.3 is 24.8 Å². The number of benzene rings is 1. The number of amides is 1. The number of morpholine rings is 1. The molecule has 1 aromatic carbocycles. The van der Waals surface area contributed by atoms with Gasteiger partial charge in [-0.15, -0.1) is 0 Å². The molecule has 0 radical (unpaired) electrons. The summed E-state index contributed by atoms with van der Waals surface area (Å²) in [5.74, 6) is 1.35. The van der Waals surface area contributed by atoms with Crippen LogP contribution in [0.4, 0.5) is 0 Å². The topological polar surface area (TPSA) is 68.8 Å². The van der Waals surface area contributed by atoms with Gasteiger partial charge in [-0.05, 0) is 12.1 Å². The lowest BCUT2D eigenvalue weighted by atomic mass is 10.1. The molecular weight excluding hydrogens is 260 g/mol. The summed E-state index contributed by atoms with van der Waals surface area (Å²) in [7, 11) is 3.20. The van der Waals surface area contributed by atoms with E-state index in [0.29, 0.717) is 32.1 Å². The van der Waals surface area contributed by atoms with Gasteiger partial charge in [0.15, 0.2) is 0 Å². The standard InChI is InChI=1S/C14H20N2O4/c1-18-11-4-3-10(13(7-11)19-2)8-16-14(17)12-9-20-6-5-15-12/h3-4,7,12,15H,5-6,8-9H2,1-2H3,(H,16,17). The van der Waals surface area contributed by atoms with Gasteiger partial charge in [0, 0.05) is 24.7 Å². The minimum absolute atomic E-state index is 0.0671. The fourth-order valence-electron chi connectivity index (χ4n) is 2.04. The largest absolute Gasteiger partial charge is 0.497 e. The van der Waals surface area contributed by atoms with E-state index in [0.717, 1.165) is 11.3 Å². The summed E-state index contributed by atoms with van der Waals surface area (Å²) in [6, 6.07) is 5.23. The molecule has 1 aliphatic heterocycles. The zero-order valence-corrected chi connectivity index (χ0v) is 11.8. The Balaban J connectivity index is 1.94. The Morgan fingerprint density at radius 2 is 2.30 bits per heavy atom. The molecular formula is C14H20N2O4. The predicted octanol–water partition coefficient (Wildman–Crippen LogP) is 0.308. The first kappa shape index (κ1) is 14.6. The first-order valence-corrected chi connectivity index (χ1v) is 6.54. The van der Waals surface area contributed by atoms with E-state index >= 15 is 0 Å². The second-order valence-electron chi connectivity index (χ2n) is 4.48. The molecule has 0 saturated carbocycles. The molecule has 2 N–H and O–H groups in total. The fourth-order valence-corrected chi connectivity index (χ4v) is 2.04. The van der Waals surface area contributed by atoms with Crippen molar-refractivity contribution in [3.63, 3.8) is 0 Å². The molecule has 110 valence electrons. The monoisotopic (exact) mass is 280 g/mol. The Hall–Kier alpha value is -1.79. The van der Waals surface area contributed by atoms with Crippen molar-refractivity contribution in [2.75, 3.05) is 34.0 Å². The van der Waals surface area contributed by atoms with Crippen LogP contribution in [-0.4, -0.2) is 45.9 Å². The Bertz CT molecular complexity index is 458. The lowest BCUT2D eigenvalue weighted by Crippen LogP contribution is -2.51. The number of rotatable bonds is 5. The summed E-state index contributed by atoms with van der Waals surface area (Å²) in [5, 5.41) is 5.99. The molecule has 6 heteroatoms. The van der Waals surface area contributed by atoms with E-state index in [2.05, 4.69) is 10.6 Å². The zero-order valence-electron chi connectivity index (χ0n) is 11.8. The van der Waals surface area contributed by atoms with Crippen LogP contribution in [0.25, 0.3) is 0 Å². The molecule has 1 aromatic rings. The minimum atomic E-state index is -0.284. The van der Waals surface area contributed by atoms with Gasteiger partial charge in [0.1, 0.15) is 17.5 Å². The summed E-state index contributed by atoms with van der Waals surface area (Å²) < 4.78 is 15.7. The maximum atomic E-state index is 12.0. The van der Waals surface area contributed by atoms with Gasteiger partial charge in [0.2, 0.25) is 5.91 Å². The molecule has 1 saturated heterocycles. The van der Waals surface area contributed by atoms with Crippen LogP contribution < -0.4 is 20.1 Å². The van der Waals surface area contributed by atoms with Crippen molar-refractivity contribution in [1.29, 1.82) is 0 Å². The number of methoxy groups -OCH3 is 2. The lowest BCUT2D eigenvalue weighted by molar-refractivity contribution is -0.126. The maximum Gasteiger partial charge on any atom is 0.239 e. The number of carbonyl (C=O) groups is 1. The molecule has 0 bridgehead atoms. The number of nitrogens with one attached hydrogen (secondary N) is 2. The van der Waals surface area contributed by atoms with Crippen molar-refractivity contribution < 1.29 is 19.0 Å². The second-order valence-corrected chi connectivity index (χ2v) is 4.48. The highest BCUT2D eigenvalue weighted by atomic mass is 16.5.